The first-order valence-corrected chi connectivity index (χ1v) is 9.36. The van der Waals surface area contributed by atoms with E-state index < -0.39 is 11.1 Å². The molecule has 1 fully saturated rings. The van der Waals surface area contributed by atoms with E-state index in [9.17, 15) is 4.79 Å². The Hall–Kier alpha value is -2.04. The molecule has 142 valence electrons. The summed E-state index contributed by atoms with van der Waals surface area (Å²) in [6.07, 6.45) is 4.44. The lowest BCUT2D eigenvalue weighted by atomic mass is 9.56. The minimum Gasteiger partial charge on any atom is -0.481 e. The van der Waals surface area contributed by atoms with Crippen LogP contribution in [0.2, 0.25) is 0 Å². The first-order valence-electron chi connectivity index (χ1n) is 9.36. The van der Waals surface area contributed by atoms with Crippen LogP contribution in [0.25, 0.3) is 0 Å². The molecule has 1 amide bonds. The molecule has 2 aliphatic rings. The van der Waals surface area contributed by atoms with Crippen molar-refractivity contribution in [3.63, 3.8) is 0 Å². The normalized spacial score (nSPS) is 30.1. The largest absolute Gasteiger partial charge is 0.481 e. The van der Waals surface area contributed by atoms with Crippen molar-refractivity contribution in [1.82, 2.24) is 10.3 Å². The standard InChI is InChI=1S/C21H30N2O3/c1-7-15-14-10-13(2)12-21(15,23-19(24)26-20(3,4)5)16-8-9-18(25-6)22-17(16)11-14/h7-9,13-15H,1,10-12H2,2-6H3,(H,23,24)/t13-,14?,15?,21-/m1/s1. The van der Waals surface area contributed by atoms with Crippen molar-refractivity contribution < 1.29 is 14.3 Å². The van der Waals surface area contributed by atoms with E-state index >= 15 is 0 Å². The summed E-state index contributed by atoms with van der Waals surface area (Å²) in [5.41, 5.74) is 1.01. The van der Waals surface area contributed by atoms with Gasteiger partial charge in [0, 0.05) is 17.5 Å². The lowest BCUT2D eigenvalue weighted by molar-refractivity contribution is 0.0200. The number of aromatic nitrogens is 1. The Morgan fingerprint density at radius 1 is 1.42 bits per heavy atom. The molecule has 1 heterocycles. The topological polar surface area (TPSA) is 60.5 Å². The number of hydrogen-bond acceptors (Lipinski definition) is 4. The van der Waals surface area contributed by atoms with Crippen molar-refractivity contribution in [2.45, 2.75) is 58.1 Å². The van der Waals surface area contributed by atoms with Gasteiger partial charge in [0.1, 0.15) is 5.60 Å². The number of ether oxygens (including phenoxy) is 2. The number of fused-ring (bicyclic) bond motifs is 4. The van der Waals surface area contributed by atoms with Gasteiger partial charge in [-0.1, -0.05) is 13.0 Å². The fourth-order valence-corrected chi connectivity index (χ4v) is 4.82. The van der Waals surface area contributed by atoms with Crippen LogP contribution in [0.5, 0.6) is 5.88 Å². The fraction of sp³-hybridized carbons (Fsp3) is 0.619. The van der Waals surface area contributed by atoms with Crippen molar-refractivity contribution in [2.24, 2.45) is 17.8 Å². The monoisotopic (exact) mass is 358 g/mol. The number of carbonyl (C=O) groups is 1. The Bertz CT molecular complexity index is 710. The van der Waals surface area contributed by atoms with E-state index in [-0.39, 0.29) is 12.0 Å². The van der Waals surface area contributed by atoms with Gasteiger partial charge in [0.25, 0.3) is 0 Å². The highest BCUT2D eigenvalue weighted by atomic mass is 16.6. The fourth-order valence-electron chi connectivity index (χ4n) is 4.82. The second kappa shape index (κ2) is 6.60. The number of nitrogens with one attached hydrogen (secondary N) is 1. The van der Waals surface area contributed by atoms with Crippen molar-refractivity contribution in [3.8, 4) is 5.88 Å². The predicted molar refractivity (Wildman–Crippen MR) is 101 cm³/mol. The summed E-state index contributed by atoms with van der Waals surface area (Å²) >= 11 is 0. The van der Waals surface area contributed by atoms with E-state index in [1.807, 2.05) is 39.0 Å². The summed E-state index contributed by atoms with van der Waals surface area (Å²) < 4.78 is 10.9. The number of rotatable bonds is 3. The predicted octanol–water partition coefficient (Wildman–Crippen LogP) is 4.21. The average Bonchev–Trinajstić information content (AvgIpc) is 2.51. The molecule has 0 aromatic carbocycles. The van der Waals surface area contributed by atoms with Crippen molar-refractivity contribution in [2.75, 3.05) is 7.11 Å². The third-order valence-electron chi connectivity index (χ3n) is 5.52. The van der Waals surface area contributed by atoms with E-state index in [1.54, 1.807) is 7.11 Å². The van der Waals surface area contributed by atoms with Crippen LogP contribution in [0.15, 0.2) is 24.8 Å². The SMILES string of the molecule is C=CC1C2Cc3nc(OC)ccc3[C@@]1(NC(=O)OC(C)(C)C)C[C@H](C)C2. The number of nitrogens with zero attached hydrogens (tertiary/aromatic N) is 1. The van der Waals surface area contributed by atoms with Crippen LogP contribution in [-0.4, -0.2) is 23.8 Å². The second-order valence-electron chi connectivity index (χ2n) is 8.72. The van der Waals surface area contributed by atoms with Crippen LogP contribution in [-0.2, 0) is 16.7 Å². The molecule has 1 saturated carbocycles. The van der Waals surface area contributed by atoms with E-state index in [4.69, 9.17) is 9.47 Å². The third kappa shape index (κ3) is 3.31. The first kappa shape index (κ1) is 18.7. The molecule has 1 aromatic heterocycles. The molecular formula is C21H30N2O3. The van der Waals surface area contributed by atoms with Crippen LogP contribution in [0.1, 0.15) is 51.8 Å². The molecule has 0 saturated heterocycles. The molecule has 0 spiro atoms. The average molecular weight is 358 g/mol. The van der Waals surface area contributed by atoms with Gasteiger partial charge in [0.15, 0.2) is 0 Å². The Morgan fingerprint density at radius 2 is 2.15 bits per heavy atom. The van der Waals surface area contributed by atoms with Gasteiger partial charge in [-0.3, -0.25) is 0 Å². The van der Waals surface area contributed by atoms with Crippen molar-refractivity contribution in [3.05, 3.63) is 36.0 Å². The van der Waals surface area contributed by atoms with Gasteiger partial charge in [0.05, 0.1) is 18.3 Å². The number of amides is 1. The van der Waals surface area contributed by atoms with E-state index in [2.05, 4.69) is 23.8 Å². The lowest BCUT2D eigenvalue weighted by Crippen LogP contribution is -2.59. The highest BCUT2D eigenvalue weighted by Gasteiger charge is 2.53. The number of pyridine rings is 1. The molecule has 5 nitrogen and oxygen atoms in total. The minimum absolute atomic E-state index is 0.161. The summed E-state index contributed by atoms with van der Waals surface area (Å²) in [6.45, 7) is 12.0. The molecule has 1 aromatic rings. The quantitative estimate of drug-likeness (QED) is 0.822. The van der Waals surface area contributed by atoms with Gasteiger partial charge in [-0.2, -0.15) is 0 Å². The van der Waals surface area contributed by atoms with Crippen LogP contribution in [0.4, 0.5) is 4.79 Å². The zero-order valence-corrected chi connectivity index (χ0v) is 16.5. The third-order valence-corrected chi connectivity index (χ3v) is 5.52. The molecule has 2 bridgehead atoms. The summed E-state index contributed by atoms with van der Waals surface area (Å²) in [6, 6.07) is 3.92. The maximum Gasteiger partial charge on any atom is 0.408 e. The Morgan fingerprint density at radius 3 is 2.77 bits per heavy atom. The van der Waals surface area contributed by atoms with E-state index in [0.717, 1.165) is 30.5 Å². The molecule has 26 heavy (non-hydrogen) atoms. The summed E-state index contributed by atoms with van der Waals surface area (Å²) in [5, 5.41) is 3.23. The van der Waals surface area contributed by atoms with Gasteiger partial charge in [-0.05, 0) is 57.9 Å². The maximum absolute atomic E-state index is 12.7. The van der Waals surface area contributed by atoms with Gasteiger partial charge in [0.2, 0.25) is 5.88 Å². The first-order chi connectivity index (χ1) is 12.2. The zero-order valence-electron chi connectivity index (χ0n) is 16.5. The second-order valence-corrected chi connectivity index (χ2v) is 8.72. The zero-order chi connectivity index (χ0) is 19.1. The molecule has 5 heteroatoms. The Balaban J connectivity index is 2.07. The lowest BCUT2D eigenvalue weighted by Gasteiger charge is -2.53. The van der Waals surface area contributed by atoms with Crippen LogP contribution < -0.4 is 10.1 Å². The summed E-state index contributed by atoms with van der Waals surface area (Å²) in [7, 11) is 1.63. The number of hydrogen-bond donors (Lipinski definition) is 1. The van der Waals surface area contributed by atoms with Crippen molar-refractivity contribution in [1.29, 1.82) is 0 Å². The highest BCUT2D eigenvalue weighted by molar-refractivity contribution is 5.70. The van der Waals surface area contributed by atoms with Crippen LogP contribution in [0.3, 0.4) is 0 Å². The Labute approximate surface area is 156 Å². The maximum atomic E-state index is 12.7. The number of alkyl carbamates (subject to hydrolysis) is 1. The summed E-state index contributed by atoms with van der Waals surface area (Å²) in [5.74, 6) is 1.67. The minimum atomic E-state index is -0.542. The number of methoxy groups -OCH3 is 1. The Kier molecular flexibility index (Phi) is 4.76. The van der Waals surface area contributed by atoms with Gasteiger partial charge >= 0.3 is 6.09 Å². The molecule has 1 N–H and O–H groups in total. The molecular weight excluding hydrogens is 328 g/mol. The van der Waals surface area contributed by atoms with Gasteiger partial charge < -0.3 is 14.8 Å². The molecule has 2 unspecified atom stereocenters. The molecule has 4 atom stereocenters. The highest BCUT2D eigenvalue weighted by Crippen LogP contribution is 2.53. The van der Waals surface area contributed by atoms with Gasteiger partial charge in [-0.25, -0.2) is 9.78 Å². The molecule has 0 radical (unpaired) electrons. The van der Waals surface area contributed by atoms with Crippen LogP contribution in [0, 0.1) is 17.8 Å². The van der Waals surface area contributed by atoms with E-state index in [1.165, 1.54) is 0 Å². The van der Waals surface area contributed by atoms with Crippen molar-refractivity contribution >= 4 is 6.09 Å². The van der Waals surface area contributed by atoms with E-state index in [0.29, 0.717) is 17.7 Å². The smallest absolute Gasteiger partial charge is 0.408 e. The molecule has 0 aliphatic heterocycles. The summed E-state index contributed by atoms with van der Waals surface area (Å²) in [4.78, 5) is 17.4. The van der Waals surface area contributed by atoms with Gasteiger partial charge in [-0.15, -0.1) is 6.58 Å². The molecule has 2 aliphatic carbocycles. The van der Waals surface area contributed by atoms with Crippen LogP contribution >= 0.6 is 0 Å². The number of carbonyl (C=O) groups excluding carboxylic acids is 1. The molecule has 3 rings (SSSR count).